The van der Waals surface area contributed by atoms with Crippen LogP contribution in [0, 0.1) is 0 Å². The number of hydrogen-bond acceptors (Lipinski definition) is 6. The van der Waals surface area contributed by atoms with Gasteiger partial charge in [-0.25, -0.2) is 0 Å². The van der Waals surface area contributed by atoms with Crippen LogP contribution >= 0.6 is 0 Å². The highest BCUT2D eigenvalue weighted by Gasteiger charge is 2.19. The number of carbonyl (C=O) groups is 3. The maximum atomic E-state index is 12.9. The standard InChI is InChI=1S/C75H112O6/c1-4-7-10-13-16-19-22-25-28-31-33-34-35-36-37-38-39-40-42-44-47-50-53-56-59-62-65-68-74(77)80-71-72(70-79-73(76)67-64-61-58-55-52-49-46-43-30-27-24-21-18-15-12-9-6-3)81-75(78)69-66-63-60-57-54-51-48-45-41-32-29-26-23-20-17-14-11-8-5-2/h7-12,16-21,25-30,33-34,36-37,39-41,44-47,49,51,53-54,56,72H,4-6,13-15,22-24,31-32,35,38,42-43,48,50,52,55,57-71H2,1-3H3/b10-7-,11-8-,12-9-,19-16-,20-17-,21-18-,28-25-,29-26-,30-27-,34-33-,37-36-,40-39-,45-41-,47-44-,49-46-,54-51-,56-53-. The van der Waals surface area contributed by atoms with E-state index in [0.29, 0.717) is 19.3 Å². The molecule has 0 aromatic heterocycles. The van der Waals surface area contributed by atoms with Gasteiger partial charge in [0.05, 0.1) is 0 Å². The van der Waals surface area contributed by atoms with Gasteiger partial charge in [-0.3, -0.25) is 14.4 Å². The molecule has 6 nitrogen and oxygen atoms in total. The summed E-state index contributed by atoms with van der Waals surface area (Å²) >= 11 is 0. The first-order chi connectivity index (χ1) is 40.0. The third-order valence-electron chi connectivity index (χ3n) is 12.3. The first-order valence-corrected chi connectivity index (χ1v) is 31.6. The van der Waals surface area contributed by atoms with Gasteiger partial charge >= 0.3 is 17.9 Å². The van der Waals surface area contributed by atoms with Crippen LogP contribution in [0.5, 0.6) is 0 Å². The van der Waals surface area contributed by atoms with Gasteiger partial charge in [-0.15, -0.1) is 0 Å². The number of ether oxygens (including phenoxy) is 3. The van der Waals surface area contributed by atoms with E-state index in [1.165, 1.54) is 0 Å². The molecule has 448 valence electrons. The third kappa shape index (κ3) is 64.7. The Bertz CT molecular complexity index is 2000. The Morgan fingerprint density at radius 3 is 0.716 bits per heavy atom. The van der Waals surface area contributed by atoms with Crippen molar-refractivity contribution in [3.8, 4) is 0 Å². The van der Waals surface area contributed by atoms with Gasteiger partial charge in [-0.1, -0.05) is 247 Å². The lowest BCUT2D eigenvalue weighted by Gasteiger charge is -2.18. The first-order valence-electron chi connectivity index (χ1n) is 31.6. The van der Waals surface area contributed by atoms with Crippen molar-refractivity contribution < 1.29 is 28.6 Å². The van der Waals surface area contributed by atoms with E-state index >= 15 is 0 Å². The first kappa shape index (κ1) is 75.0. The van der Waals surface area contributed by atoms with Crippen molar-refractivity contribution in [1.29, 1.82) is 0 Å². The maximum Gasteiger partial charge on any atom is 0.306 e. The van der Waals surface area contributed by atoms with Gasteiger partial charge in [0.1, 0.15) is 13.2 Å². The summed E-state index contributed by atoms with van der Waals surface area (Å²) in [5.41, 5.74) is 0. The summed E-state index contributed by atoms with van der Waals surface area (Å²) in [5, 5.41) is 0. The molecule has 0 aliphatic carbocycles. The van der Waals surface area contributed by atoms with Crippen LogP contribution in [0.1, 0.15) is 226 Å². The molecule has 0 aromatic rings. The largest absolute Gasteiger partial charge is 0.462 e. The monoisotopic (exact) mass is 1110 g/mol. The fourth-order valence-electron chi connectivity index (χ4n) is 7.65. The van der Waals surface area contributed by atoms with Crippen LogP contribution in [0.15, 0.2) is 207 Å². The molecule has 0 aromatic carbocycles. The maximum absolute atomic E-state index is 12.9. The van der Waals surface area contributed by atoms with Crippen LogP contribution < -0.4 is 0 Å². The molecule has 6 heteroatoms. The molecule has 0 aliphatic rings. The highest BCUT2D eigenvalue weighted by Crippen LogP contribution is 2.12. The number of hydrogen-bond donors (Lipinski definition) is 0. The van der Waals surface area contributed by atoms with E-state index in [1.54, 1.807) is 0 Å². The number of carbonyl (C=O) groups excluding carboxylic acids is 3. The minimum atomic E-state index is -0.840. The summed E-state index contributed by atoms with van der Waals surface area (Å²) in [4.78, 5) is 38.3. The van der Waals surface area contributed by atoms with E-state index < -0.39 is 6.10 Å². The Labute approximate surface area is 496 Å². The topological polar surface area (TPSA) is 78.9 Å². The smallest absolute Gasteiger partial charge is 0.306 e. The second-order valence-electron chi connectivity index (χ2n) is 19.8. The number of rotatable bonds is 54. The molecule has 0 saturated carbocycles. The fourth-order valence-corrected chi connectivity index (χ4v) is 7.65. The Hall–Kier alpha value is -6.01. The summed E-state index contributed by atoms with van der Waals surface area (Å²) in [6, 6.07) is 0. The van der Waals surface area contributed by atoms with Gasteiger partial charge in [-0.05, 0) is 167 Å². The minimum absolute atomic E-state index is 0.131. The van der Waals surface area contributed by atoms with Crippen molar-refractivity contribution in [2.24, 2.45) is 0 Å². The van der Waals surface area contributed by atoms with Crippen LogP contribution in [-0.4, -0.2) is 37.2 Å². The third-order valence-corrected chi connectivity index (χ3v) is 12.3. The molecule has 1 unspecified atom stereocenters. The van der Waals surface area contributed by atoms with E-state index in [9.17, 15) is 14.4 Å². The Morgan fingerprint density at radius 1 is 0.247 bits per heavy atom. The number of esters is 3. The molecule has 0 amide bonds. The molecule has 0 heterocycles. The normalized spacial score (nSPS) is 13.6. The zero-order chi connectivity index (χ0) is 58.5. The molecule has 1 atom stereocenters. The second kappa shape index (κ2) is 66.5. The van der Waals surface area contributed by atoms with E-state index in [1.807, 2.05) is 0 Å². The average molecular weight is 1110 g/mol. The van der Waals surface area contributed by atoms with Crippen LogP contribution in [0.3, 0.4) is 0 Å². The molecular weight excluding hydrogens is 997 g/mol. The van der Waals surface area contributed by atoms with Crippen LogP contribution in [0.2, 0.25) is 0 Å². The molecule has 0 N–H and O–H groups in total. The SMILES string of the molecule is CC/C=C\C/C=C\C/C=C\C/C=C\C/C=C\C/C=C\C/C=C\C/C=C\CCCCC(=O)OCC(COC(=O)CCCCCC/C=C\C/C=C\C/C=C\C/C=C\CC)OC(=O)CCCCC/C=C\C/C=C\C/C=C\C/C=C\C/C=C\CC. The van der Waals surface area contributed by atoms with Crippen molar-refractivity contribution >= 4 is 17.9 Å². The lowest BCUT2D eigenvalue weighted by Crippen LogP contribution is -2.30. The van der Waals surface area contributed by atoms with Crippen LogP contribution in [0.4, 0.5) is 0 Å². The molecule has 0 rings (SSSR count). The Kier molecular flexibility index (Phi) is 61.6. The lowest BCUT2D eigenvalue weighted by molar-refractivity contribution is -0.167. The van der Waals surface area contributed by atoms with Crippen LogP contribution in [-0.2, 0) is 28.6 Å². The Balaban J connectivity index is 4.60. The Morgan fingerprint density at radius 2 is 0.444 bits per heavy atom. The summed E-state index contributed by atoms with van der Waals surface area (Å²) in [7, 11) is 0. The van der Waals surface area contributed by atoms with Gasteiger partial charge in [0.2, 0.25) is 0 Å². The highest BCUT2D eigenvalue weighted by atomic mass is 16.6. The van der Waals surface area contributed by atoms with E-state index in [0.717, 1.165) is 173 Å². The van der Waals surface area contributed by atoms with E-state index in [-0.39, 0.29) is 44.0 Å². The molecule has 0 aliphatic heterocycles. The van der Waals surface area contributed by atoms with Gasteiger partial charge in [0.25, 0.3) is 0 Å². The molecule has 0 bridgehead atoms. The summed E-state index contributed by atoms with van der Waals surface area (Å²) in [6.45, 7) is 6.19. The van der Waals surface area contributed by atoms with E-state index in [2.05, 4.69) is 227 Å². The summed E-state index contributed by atoms with van der Waals surface area (Å²) < 4.78 is 16.8. The number of allylic oxidation sites excluding steroid dienone is 34. The molecular formula is C75H112O6. The average Bonchev–Trinajstić information content (AvgIpc) is 3.47. The molecule has 0 fully saturated rings. The highest BCUT2D eigenvalue weighted by molar-refractivity contribution is 5.71. The second-order valence-corrected chi connectivity index (χ2v) is 19.8. The van der Waals surface area contributed by atoms with Crippen molar-refractivity contribution in [3.63, 3.8) is 0 Å². The molecule has 0 spiro atoms. The van der Waals surface area contributed by atoms with Crippen molar-refractivity contribution in [2.75, 3.05) is 13.2 Å². The van der Waals surface area contributed by atoms with Gasteiger partial charge in [-0.2, -0.15) is 0 Å². The molecule has 0 saturated heterocycles. The predicted octanol–water partition coefficient (Wildman–Crippen LogP) is 22.0. The summed E-state index contributed by atoms with van der Waals surface area (Å²) in [5.74, 6) is -1.04. The van der Waals surface area contributed by atoms with Gasteiger partial charge in [0.15, 0.2) is 6.10 Å². The van der Waals surface area contributed by atoms with Gasteiger partial charge in [0, 0.05) is 19.3 Å². The minimum Gasteiger partial charge on any atom is -0.462 e. The fraction of sp³-hybridized carbons (Fsp3) is 0.507. The quantitative estimate of drug-likeness (QED) is 0.0261. The van der Waals surface area contributed by atoms with Crippen molar-refractivity contribution in [2.45, 2.75) is 232 Å². The molecule has 81 heavy (non-hydrogen) atoms. The summed E-state index contributed by atoms with van der Waals surface area (Å²) in [6.07, 6.45) is 103. The van der Waals surface area contributed by atoms with Gasteiger partial charge < -0.3 is 14.2 Å². The van der Waals surface area contributed by atoms with Crippen molar-refractivity contribution in [1.82, 2.24) is 0 Å². The zero-order valence-electron chi connectivity index (χ0n) is 51.2. The lowest BCUT2D eigenvalue weighted by atomic mass is 10.1. The molecule has 0 radical (unpaired) electrons. The van der Waals surface area contributed by atoms with Crippen LogP contribution in [0.25, 0.3) is 0 Å². The van der Waals surface area contributed by atoms with Crippen molar-refractivity contribution in [3.05, 3.63) is 207 Å². The predicted molar refractivity (Wildman–Crippen MR) is 352 cm³/mol. The zero-order valence-corrected chi connectivity index (χ0v) is 51.2. The number of unbranched alkanes of at least 4 members (excludes halogenated alkanes) is 9. The van der Waals surface area contributed by atoms with E-state index in [4.69, 9.17) is 14.2 Å².